The number of hydrogen-bond acceptors (Lipinski definition) is 6. The van der Waals surface area contributed by atoms with Crippen LogP contribution in [-0.2, 0) is 0 Å². The van der Waals surface area contributed by atoms with Crippen molar-refractivity contribution in [3.05, 3.63) is 69.0 Å². The molecule has 130 valence electrons. The first-order valence-electron chi connectivity index (χ1n) is 7.88. The Hall–Kier alpha value is -3.19. The number of ether oxygens (including phenoxy) is 2. The molecule has 2 aromatic carbocycles. The molecule has 0 saturated heterocycles. The van der Waals surface area contributed by atoms with Gasteiger partial charge < -0.3 is 9.47 Å². The molecule has 0 radical (unpaired) electrons. The summed E-state index contributed by atoms with van der Waals surface area (Å²) in [6.45, 7) is 0. The van der Waals surface area contributed by atoms with Crippen LogP contribution in [0, 0.1) is 0 Å². The monoisotopic (exact) mass is 365 g/mol. The van der Waals surface area contributed by atoms with E-state index in [2.05, 4.69) is 10.1 Å². The Bertz CT molecular complexity index is 1200. The summed E-state index contributed by atoms with van der Waals surface area (Å²) in [6, 6.07) is 15.0. The highest BCUT2D eigenvalue weighted by molar-refractivity contribution is 7.15. The van der Waals surface area contributed by atoms with Gasteiger partial charge in [-0.25, -0.2) is 0 Å². The van der Waals surface area contributed by atoms with Crippen molar-refractivity contribution in [1.29, 1.82) is 0 Å². The summed E-state index contributed by atoms with van der Waals surface area (Å²) in [5, 5.41) is 4.37. The second-order valence-electron chi connectivity index (χ2n) is 5.52. The van der Waals surface area contributed by atoms with E-state index in [-0.39, 0.29) is 5.56 Å². The van der Waals surface area contributed by atoms with Gasteiger partial charge in [0.1, 0.15) is 11.5 Å². The predicted molar refractivity (Wildman–Crippen MR) is 101 cm³/mol. The summed E-state index contributed by atoms with van der Waals surface area (Å²) in [4.78, 5) is 17.7. The molecule has 2 heterocycles. The van der Waals surface area contributed by atoms with Gasteiger partial charge in [0.25, 0.3) is 5.56 Å². The van der Waals surface area contributed by atoms with Crippen molar-refractivity contribution in [1.82, 2.24) is 14.6 Å². The molecule has 0 aliphatic carbocycles. The molecule has 0 aliphatic rings. The Balaban J connectivity index is 1.81. The maximum Gasteiger partial charge on any atom is 0.291 e. The van der Waals surface area contributed by atoms with Gasteiger partial charge >= 0.3 is 0 Å². The second-order valence-corrected chi connectivity index (χ2v) is 6.53. The third kappa shape index (κ3) is 2.82. The van der Waals surface area contributed by atoms with E-state index in [1.807, 2.05) is 54.6 Å². The number of nitrogens with zero attached hydrogens (tertiary/aromatic N) is 3. The quantitative estimate of drug-likeness (QED) is 0.556. The topological polar surface area (TPSA) is 65.7 Å². The molecule has 0 bridgehead atoms. The highest BCUT2D eigenvalue weighted by atomic mass is 32.1. The van der Waals surface area contributed by atoms with E-state index in [0.29, 0.717) is 21.1 Å². The van der Waals surface area contributed by atoms with E-state index in [0.717, 1.165) is 16.9 Å². The Morgan fingerprint density at radius 2 is 1.92 bits per heavy atom. The molecular weight excluding hydrogens is 350 g/mol. The molecule has 26 heavy (non-hydrogen) atoms. The lowest BCUT2D eigenvalue weighted by Gasteiger charge is -2.03. The van der Waals surface area contributed by atoms with E-state index in [1.165, 1.54) is 15.9 Å². The van der Waals surface area contributed by atoms with E-state index in [1.54, 1.807) is 14.2 Å². The van der Waals surface area contributed by atoms with Gasteiger partial charge in [0.05, 0.1) is 24.3 Å². The maximum atomic E-state index is 12.7. The first kappa shape index (κ1) is 16.3. The van der Waals surface area contributed by atoms with Crippen LogP contribution in [0.3, 0.4) is 0 Å². The number of aromatic nitrogens is 3. The average molecular weight is 365 g/mol. The first-order chi connectivity index (χ1) is 12.7. The summed E-state index contributed by atoms with van der Waals surface area (Å²) in [5.41, 5.74) is 1.45. The molecular formula is C19H15N3O3S. The van der Waals surface area contributed by atoms with Crippen LogP contribution in [-0.4, -0.2) is 28.8 Å². The Morgan fingerprint density at radius 1 is 1.08 bits per heavy atom. The van der Waals surface area contributed by atoms with Crippen molar-refractivity contribution in [2.45, 2.75) is 0 Å². The lowest BCUT2D eigenvalue weighted by molar-refractivity contribution is 0.414. The minimum Gasteiger partial charge on any atom is -0.497 e. The van der Waals surface area contributed by atoms with E-state index in [9.17, 15) is 4.79 Å². The van der Waals surface area contributed by atoms with Gasteiger partial charge in [-0.1, -0.05) is 35.6 Å². The predicted octanol–water partition coefficient (Wildman–Crippen LogP) is 2.38. The van der Waals surface area contributed by atoms with Gasteiger partial charge in [-0.2, -0.15) is 9.50 Å². The van der Waals surface area contributed by atoms with Crippen molar-refractivity contribution in [3.8, 4) is 22.9 Å². The van der Waals surface area contributed by atoms with Crippen molar-refractivity contribution >= 4 is 22.4 Å². The van der Waals surface area contributed by atoms with E-state index >= 15 is 0 Å². The molecule has 0 unspecified atom stereocenters. The van der Waals surface area contributed by atoms with Crippen LogP contribution >= 0.6 is 11.3 Å². The van der Waals surface area contributed by atoms with Gasteiger partial charge in [0, 0.05) is 0 Å². The first-order valence-corrected chi connectivity index (χ1v) is 8.70. The average Bonchev–Trinajstić information content (AvgIpc) is 3.21. The van der Waals surface area contributed by atoms with E-state index in [4.69, 9.17) is 9.47 Å². The van der Waals surface area contributed by atoms with Crippen LogP contribution in [0.25, 0.3) is 22.4 Å². The Kier molecular flexibility index (Phi) is 4.14. The number of fused-ring (bicyclic) bond motifs is 1. The van der Waals surface area contributed by atoms with Crippen molar-refractivity contribution in [2.24, 2.45) is 0 Å². The normalized spacial score (nSPS) is 11.8. The Labute approximate surface area is 153 Å². The van der Waals surface area contributed by atoms with Crippen LogP contribution < -0.4 is 19.6 Å². The molecule has 0 aliphatic heterocycles. The highest BCUT2D eigenvalue weighted by Crippen LogP contribution is 2.27. The minimum atomic E-state index is -0.193. The number of methoxy groups -OCH3 is 2. The molecule has 0 spiro atoms. The maximum absolute atomic E-state index is 12.7. The molecule has 4 aromatic rings. The molecule has 7 heteroatoms. The fraction of sp³-hybridized carbons (Fsp3) is 0.105. The smallest absolute Gasteiger partial charge is 0.291 e. The summed E-state index contributed by atoms with van der Waals surface area (Å²) in [5.74, 6) is 1.88. The van der Waals surface area contributed by atoms with Gasteiger partial charge in [0.2, 0.25) is 4.96 Å². The third-order valence-corrected chi connectivity index (χ3v) is 4.88. The van der Waals surface area contributed by atoms with Crippen molar-refractivity contribution in [3.63, 3.8) is 0 Å². The van der Waals surface area contributed by atoms with Crippen LogP contribution in [0.4, 0.5) is 0 Å². The summed E-state index contributed by atoms with van der Waals surface area (Å²) < 4.78 is 12.5. The SMILES string of the molecule is COc1cccc(/C=c2/sc3nc(-c4ccccc4OC)nn3c2=O)c1. The van der Waals surface area contributed by atoms with Gasteiger partial charge in [0.15, 0.2) is 5.82 Å². The van der Waals surface area contributed by atoms with Crippen LogP contribution in [0.15, 0.2) is 53.3 Å². The zero-order chi connectivity index (χ0) is 18.1. The van der Waals surface area contributed by atoms with Crippen molar-refractivity contribution < 1.29 is 9.47 Å². The van der Waals surface area contributed by atoms with Crippen LogP contribution in [0.1, 0.15) is 5.56 Å². The largest absolute Gasteiger partial charge is 0.497 e. The van der Waals surface area contributed by atoms with E-state index < -0.39 is 0 Å². The van der Waals surface area contributed by atoms with Gasteiger partial charge in [-0.15, -0.1) is 5.10 Å². The fourth-order valence-electron chi connectivity index (χ4n) is 2.66. The molecule has 6 nitrogen and oxygen atoms in total. The highest BCUT2D eigenvalue weighted by Gasteiger charge is 2.14. The molecule has 4 rings (SSSR count). The molecule has 2 aromatic heterocycles. The fourth-order valence-corrected chi connectivity index (χ4v) is 3.57. The summed E-state index contributed by atoms with van der Waals surface area (Å²) in [6.07, 6.45) is 1.81. The lowest BCUT2D eigenvalue weighted by atomic mass is 10.2. The zero-order valence-electron chi connectivity index (χ0n) is 14.2. The number of para-hydroxylation sites is 1. The summed E-state index contributed by atoms with van der Waals surface area (Å²) >= 11 is 1.30. The molecule has 0 N–H and O–H groups in total. The van der Waals surface area contributed by atoms with Gasteiger partial charge in [-0.3, -0.25) is 4.79 Å². The number of rotatable bonds is 4. The molecule has 0 saturated carbocycles. The van der Waals surface area contributed by atoms with Crippen molar-refractivity contribution in [2.75, 3.05) is 14.2 Å². The number of hydrogen-bond donors (Lipinski definition) is 0. The zero-order valence-corrected chi connectivity index (χ0v) is 15.0. The molecule has 0 atom stereocenters. The van der Waals surface area contributed by atoms with Gasteiger partial charge in [-0.05, 0) is 35.9 Å². The molecule has 0 fully saturated rings. The summed E-state index contributed by atoms with van der Waals surface area (Å²) in [7, 11) is 3.21. The molecule has 0 amide bonds. The number of benzene rings is 2. The van der Waals surface area contributed by atoms with Crippen LogP contribution in [0.5, 0.6) is 11.5 Å². The lowest BCUT2D eigenvalue weighted by Crippen LogP contribution is -2.23. The van der Waals surface area contributed by atoms with Crippen LogP contribution in [0.2, 0.25) is 0 Å². The number of thiazole rings is 1. The Morgan fingerprint density at radius 3 is 2.69 bits per heavy atom. The third-order valence-electron chi connectivity index (χ3n) is 3.92. The second kappa shape index (κ2) is 6.61. The standard InChI is InChI=1S/C19H15N3O3S/c1-24-13-7-5-6-12(10-13)11-16-18(23)22-19(26-16)20-17(21-22)14-8-3-4-9-15(14)25-2/h3-11H,1-2H3/b16-11+. The minimum absolute atomic E-state index is 0.193.